The number of ketones is 1. The Balaban J connectivity index is 2.50. The van der Waals surface area contributed by atoms with Gasteiger partial charge in [-0.2, -0.15) is 0 Å². The van der Waals surface area contributed by atoms with E-state index in [4.69, 9.17) is 0 Å². The molecule has 1 rings (SSSR count). The minimum atomic E-state index is 0.279. The molecule has 0 radical (unpaired) electrons. The van der Waals surface area contributed by atoms with Crippen molar-refractivity contribution in [3.05, 3.63) is 12.7 Å². The number of hydrogen-bond acceptors (Lipinski definition) is 1. The van der Waals surface area contributed by atoms with Crippen LogP contribution in [0, 0.1) is 11.8 Å². The Hall–Kier alpha value is -0.590. The number of Topliss-reactive ketones (excluding diaryl/α,β-unsaturated/α-hetero) is 1. The van der Waals surface area contributed by atoms with Crippen molar-refractivity contribution in [3.8, 4) is 0 Å². The van der Waals surface area contributed by atoms with Gasteiger partial charge in [-0.25, -0.2) is 0 Å². The molecule has 1 aliphatic rings. The average molecular weight is 152 g/mol. The molecule has 1 heteroatoms. The summed E-state index contributed by atoms with van der Waals surface area (Å²) in [6.45, 7) is 5.75. The third-order valence-electron chi connectivity index (χ3n) is 2.68. The van der Waals surface area contributed by atoms with E-state index in [0.29, 0.717) is 11.7 Å². The maximum atomic E-state index is 11.2. The molecule has 2 unspecified atom stereocenters. The Morgan fingerprint density at radius 2 is 2.45 bits per heavy atom. The molecule has 0 aromatic rings. The molecule has 62 valence electrons. The van der Waals surface area contributed by atoms with Gasteiger partial charge in [0.1, 0.15) is 5.78 Å². The molecule has 1 fully saturated rings. The van der Waals surface area contributed by atoms with Crippen LogP contribution in [0.3, 0.4) is 0 Å². The first-order valence-corrected chi connectivity index (χ1v) is 4.39. The van der Waals surface area contributed by atoms with Gasteiger partial charge in [0, 0.05) is 12.3 Å². The molecule has 0 spiro atoms. The molecular formula is C10H16O. The van der Waals surface area contributed by atoms with E-state index >= 15 is 0 Å². The van der Waals surface area contributed by atoms with Crippen LogP contribution in [0.15, 0.2) is 12.7 Å². The van der Waals surface area contributed by atoms with Crippen LogP contribution in [0.5, 0.6) is 0 Å². The van der Waals surface area contributed by atoms with Crippen LogP contribution in [0.25, 0.3) is 0 Å². The zero-order valence-corrected chi connectivity index (χ0v) is 7.18. The second-order valence-electron chi connectivity index (χ2n) is 3.43. The van der Waals surface area contributed by atoms with E-state index in [1.807, 2.05) is 6.08 Å². The fraction of sp³-hybridized carbons (Fsp3) is 0.700. The molecule has 1 aliphatic carbocycles. The summed E-state index contributed by atoms with van der Waals surface area (Å²) in [5, 5.41) is 0. The molecule has 1 nitrogen and oxygen atoms in total. The minimum Gasteiger partial charge on any atom is -0.299 e. The molecule has 0 amide bonds. The zero-order chi connectivity index (χ0) is 8.27. The summed E-state index contributed by atoms with van der Waals surface area (Å²) in [6, 6.07) is 0. The normalized spacial score (nSPS) is 31.9. The number of carbonyl (C=O) groups excluding carboxylic acids is 1. The predicted molar refractivity (Wildman–Crippen MR) is 46.3 cm³/mol. The highest BCUT2D eigenvalue weighted by atomic mass is 16.1. The van der Waals surface area contributed by atoms with Gasteiger partial charge in [0.15, 0.2) is 0 Å². The van der Waals surface area contributed by atoms with Gasteiger partial charge in [-0.1, -0.05) is 13.0 Å². The van der Waals surface area contributed by atoms with Gasteiger partial charge >= 0.3 is 0 Å². The van der Waals surface area contributed by atoms with E-state index in [1.165, 1.54) is 6.42 Å². The Bertz CT molecular complexity index is 160. The second kappa shape index (κ2) is 3.70. The van der Waals surface area contributed by atoms with Crippen molar-refractivity contribution in [3.63, 3.8) is 0 Å². The molecule has 11 heavy (non-hydrogen) atoms. The van der Waals surface area contributed by atoms with Crippen molar-refractivity contribution in [2.75, 3.05) is 0 Å². The molecule has 0 aliphatic heterocycles. The van der Waals surface area contributed by atoms with Gasteiger partial charge in [-0.05, 0) is 25.2 Å². The van der Waals surface area contributed by atoms with Crippen molar-refractivity contribution in [1.82, 2.24) is 0 Å². The van der Waals surface area contributed by atoms with E-state index in [9.17, 15) is 4.79 Å². The van der Waals surface area contributed by atoms with Crippen LogP contribution >= 0.6 is 0 Å². The van der Waals surface area contributed by atoms with Crippen molar-refractivity contribution in [2.45, 2.75) is 32.6 Å². The van der Waals surface area contributed by atoms with Gasteiger partial charge in [0.25, 0.3) is 0 Å². The molecule has 2 atom stereocenters. The summed E-state index contributed by atoms with van der Waals surface area (Å²) >= 11 is 0. The first-order chi connectivity index (χ1) is 5.25. The lowest BCUT2D eigenvalue weighted by molar-refractivity contribution is -0.125. The fourth-order valence-electron chi connectivity index (χ4n) is 1.82. The smallest absolute Gasteiger partial charge is 0.135 e. The van der Waals surface area contributed by atoms with Crippen LogP contribution in [-0.2, 0) is 4.79 Å². The first-order valence-electron chi connectivity index (χ1n) is 4.39. The maximum Gasteiger partial charge on any atom is 0.135 e. The van der Waals surface area contributed by atoms with Gasteiger partial charge in [0.2, 0.25) is 0 Å². The Morgan fingerprint density at radius 3 is 3.09 bits per heavy atom. The fourth-order valence-corrected chi connectivity index (χ4v) is 1.82. The Kier molecular flexibility index (Phi) is 2.86. The van der Waals surface area contributed by atoms with Crippen LogP contribution < -0.4 is 0 Å². The highest BCUT2D eigenvalue weighted by Gasteiger charge is 2.26. The lowest BCUT2D eigenvalue weighted by Crippen LogP contribution is -2.25. The third kappa shape index (κ3) is 1.92. The molecule has 0 N–H and O–H groups in total. The summed E-state index contributed by atoms with van der Waals surface area (Å²) in [4.78, 5) is 11.2. The van der Waals surface area contributed by atoms with Crippen molar-refractivity contribution >= 4 is 5.78 Å². The number of carbonyl (C=O) groups is 1. The van der Waals surface area contributed by atoms with Crippen LogP contribution in [0.4, 0.5) is 0 Å². The lowest BCUT2D eigenvalue weighted by Gasteiger charge is -2.26. The van der Waals surface area contributed by atoms with Gasteiger partial charge < -0.3 is 0 Å². The highest BCUT2D eigenvalue weighted by molar-refractivity contribution is 5.81. The lowest BCUT2D eigenvalue weighted by atomic mass is 9.78. The van der Waals surface area contributed by atoms with E-state index in [1.54, 1.807) is 0 Å². The predicted octanol–water partition coefficient (Wildman–Crippen LogP) is 2.57. The third-order valence-corrected chi connectivity index (χ3v) is 2.68. The van der Waals surface area contributed by atoms with Crippen LogP contribution in [0.2, 0.25) is 0 Å². The summed E-state index contributed by atoms with van der Waals surface area (Å²) in [6.07, 6.45) is 6.03. The van der Waals surface area contributed by atoms with E-state index in [2.05, 4.69) is 13.5 Å². The molecule has 0 aromatic carbocycles. The molecule has 0 saturated heterocycles. The SMILES string of the molecule is C=CCC1CCCC(=O)C1C. The zero-order valence-electron chi connectivity index (χ0n) is 7.18. The van der Waals surface area contributed by atoms with Crippen molar-refractivity contribution in [1.29, 1.82) is 0 Å². The quantitative estimate of drug-likeness (QED) is 0.556. The van der Waals surface area contributed by atoms with Crippen LogP contribution in [0.1, 0.15) is 32.6 Å². The van der Waals surface area contributed by atoms with Crippen molar-refractivity contribution < 1.29 is 4.79 Å². The van der Waals surface area contributed by atoms with Crippen LogP contribution in [-0.4, -0.2) is 5.78 Å². The number of rotatable bonds is 2. The van der Waals surface area contributed by atoms with Gasteiger partial charge in [0.05, 0.1) is 0 Å². The summed E-state index contributed by atoms with van der Waals surface area (Å²) in [5.41, 5.74) is 0. The number of hydrogen-bond donors (Lipinski definition) is 0. The van der Waals surface area contributed by atoms with E-state index in [0.717, 1.165) is 19.3 Å². The minimum absolute atomic E-state index is 0.279. The largest absolute Gasteiger partial charge is 0.299 e. The van der Waals surface area contributed by atoms with Gasteiger partial charge in [-0.15, -0.1) is 6.58 Å². The molecule has 0 bridgehead atoms. The monoisotopic (exact) mass is 152 g/mol. The topological polar surface area (TPSA) is 17.1 Å². The Labute approximate surface area is 68.5 Å². The van der Waals surface area contributed by atoms with Crippen molar-refractivity contribution in [2.24, 2.45) is 11.8 Å². The summed E-state index contributed by atoms with van der Waals surface area (Å²) in [5.74, 6) is 1.30. The summed E-state index contributed by atoms with van der Waals surface area (Å²) in [7, 11) is 0. The van der Waals surface area contributed by atoms with Gasteiger partial charge in [-0.3, -0.25) is 4.79 Å². The molecular weight excluding hydrogens is 136 g/mol. The first kappa shape index (κ1) is 8.51. The molecule has 0 heterocycles. The van der Waals surface area contributed by atoms with E-state index < -0.39 is 0 Å². The van der Waals surface area contributed by atoms with E-state index in [-0.39, 0.29) is 5.92 Å². The average Bonchev–Trinajstić information content (AvgIpc) is 1.99. The summed E-state index contributed by atoms with van der Waals surface area (Å²) < 4.78 is 0. The molecule has 1 saturated carbocycles. The highest BCUT2D eigenvalue weighted by Crippen LogP contribution is 2.29. The Morgan fingerprint density at radius 1 is 1.73 bits per heavy atom. The second-order valence-corrected chi connectivity index (χ2v) is 3.43. The molecule has 0 aromatic heterocycles. The standard InChI is InChI=1S/C10H16O/c1-3-5-9-6-4-7-10(11)8(9)2/h3,8-9H,1,4-7H2,2H3. The number of allylic oxidation sites excluding steroid dienone is 1. The maximum absolute atomic E-state index is 11.2.